The van der Waals surface area contributed by atoms with Gasteiger partial charge in [-0.1, -0.05) is 126 Å². The second-order valence-corrected chi connectivity index (χ2v) is 33.8. The quantitative estimate of drug-likeness (QED) is 0.0124. The van der Waals surface area contributed by atoms with Crippen LogP contribution in [0.4, 0.5) is 22.0 Å². The molecule has 0 radical (unpaired) electrons. The lowest BCUT2D eigenvalue weighted by Gasteiger charge is -2.30. The molecule has 0 fully saturated rings. The van der Waals surface area contributed by atoms with Crippen LogP contribution in [0.2, 0.25) is 0 Å². The van der Waals surface area contributed by atoms with Crippen LogP contribution in [0.5, 0.6) is 0 Å². The summed E-state index contributed by atoms with van der Waals surface area (Å²) in [4.78, 5) is 159. The van der Waals surface area contributed by atoms with Gasteiger partial charge in [0.15, 0.2) is 0 Å². The SMILES string of the molecule is CCCCN(CC(O)C(Cc1cc(F)cc(F)c1)NC(=O)c1cc(C(N)=O)cc(C(=O)N(CCC)CCC)c1)NC(=O)Cc1ccccc1.CCCN(CCC)C(=O)c1cc(C(N)=O)cc(C(=O)NC(Cc2cc(C)cc(F)c2)C(O)CN(CC)NC(=O)C(C)C)c1.CCCN(CCC)C(=O)c1cc(C(N)=O)cc(C(=O)NC(Cc2cc(F)cc(F)c2)C(O)CN(C)NC(=O)C(C)C)c1. The number of carbonyl (C=O) groups excluding carboxylic acids is 12. The van der Waals surface area contributed by atoms with E-state index in [4.69, 9.17) is 17.2 Å². The highest BCUT2D eigenvalue weighted by Crippen LogP contribution is 2.23. The van der Waals surface area contributed by atoms with Gasteiger partial charge in [-0.3, -0.25) is 73.8 Å². The number of hydrogen-bond acceptors (Lipinski definition) is 18. The van der Waals surface area contributed by atoms with Crippen molar-refractivity contribution in [1.82, 2.24) is 62.0 Å². The number of primary amides is 3. The summed E-state index contributed by atoms with van der Waals surface area (Å²) >= 11 is 0. The van der Waals surface area contributed by atoms with E-state index in [9.17, 15) is 94.8 Å². The maximum Gasteiger partial charge on any atom is 0.253 e. The third-order valence-electron chi connectivity index (χ3n) is 21.2. The molecule has 730 valence electrons. The maximum atomic E-state index is 14.2. The van der Waals surface area contributed by atoms with E-state index in [1.54, 1.807) is 65.4 Å². The molecule has 0 aliphatic carbocycles. The highest BCUT2D eigenvalue weighted by atomic mass is 19.1. The van der Waals surface area contributed by atoms with Gasteiger partial charge in [-0.25, -0.2) is 37.0 Å². The molecule has 0 heterocycles. The molecule has 0 spiro atoms. The number of aryl methyl sites for hydroxylation is 1. The minimum absolute atomic E-state index is 0.00430. The largest absolute Gasteiger partial charge is 0.390 e. The second-order valence-electron chi connectivity index (χ2n) is 33.8. The summed E-state index contributed by atoms with van der Waals surface area (Å²) in [5.74, 6) is -10.9. The number of aliphatic hydroxyl groups excluding tert-OH is 3. The molecule has 30 nitrogen and oxygen atoms in total. The van der Waals surface area contributed by atoms with Crippen LogP contribution in [0, 0.1) is 47.8 Å². The number of hydrazine groups is 3. The van der Waals surface area contributed by atoms with Gasteiger partial charge in [0.1, 0.15) is 29.1 Å². The first-order chi connectivity index (χ1) is 63.5. The van der Waals surface area contributed by atoms with Crippen LogP contribution in [0.3, 0.4) is 0 Å². The third-order valence-corrected chi connectivity index (χ3v) is 21.2. The van der Waals surface area contributed by atoms with Crippen molar-refractivity contribution >= 4 is 70.9 Å². The molecule has 0 aliphatic rings. The Morgan fingerprint density at radius 2 is 0.657 bits per heavy atom. The smallest absolute Gasteiger partial charge is 0.253 e. The van der Waals surface area contributed by atoms with Crippen LogP contribution in [0.15, 0.2) is 140 Å². The molecule has 15 N–H and O–H groups in total. The van der Waals surface area contributed by atoms with Gasteiger partial charge in [0.05, 0.1) is 42.9 Å². The maximum absolute atomic E-state index is 14.2. The van der Waals surface area contributed by atoms with Gasteiger partial charge in [-0.2, -0.15) is 0 Å². The number of rotatable bonds is 50. The monoisotopic (exact) mass is 1870 g/mol. The predicted molar refractivity (Wildman–Crippen MR) is 502 cm³/mol. The van der Waals surface area contributed by atoms with Gasteiger partial charge < -0.3 is 63.2 Å². The van der Waals surface area contributed by atoms with Crippen LogP contribution in [-0.2, 0) is 40.1 Å². The molecule has 7 aromatic carbocycles. The van der Waals surface area contributed by atoms with Crippen molar-refractivity contribution in [2.75, 3.05) is 79.0 Å². The van der Waals surface area contributed by atoms with E-state index in [1.807, 2.05) is 85.7 Å². The number of nitrogens with two attached hydrogens (primary N) is 3. The molecule has 6 unspecified atom stereocenters. The number of unbranched alkanes of at least 4 members (excludes halogenated alkanes) is 1. The lowest BCUT2D eigenvalue weighted by molar-refractivity contribution is -0.130. The zero-order valence-corrected chi connectivity index (χ0v) is 79.2. The van der Waals surface area contributed by atoms with Crippen LogP contribution in [0.25, 0.3) is 0 Å². The van der Waals surface area contributed by atoms with E-state index < -0.39 is 101 Å². The van der Waals surface area contributed by atoms with Crippen molar-refractivity contribution in [1.29, 1.82) is 0 Å². The average molecular weight is 1870 g/mol. The first kappa shape index (κ1) is 112. The number of halogens is 5. The molecule has 0 aliphatic heterocycles. The van der Waals surface area contributed by atoms with E-state index in [0.29, 0.717) is 102 Å². The molecule has 0 saturated carbocycles. The van der Waals surface area contributed by atoms with Gasteiger partial charge in [0, 0.05) is 153 Å². The predicted octanol–water partition coefficient (Wildman–Crippen LogP) is 10.3. The molecule has 0 bridgehead atoms. The Bertz CT molecular complexity index is 5030. The number of aliphatic hydroxyl groups is 3. The first-order valence-corrected chi connectivity index (χ1v) is 45.5. The highest BCUT2D eigenvalue weighted by Gasteiger charge is 2.33. The third kappa shape index (κ3) is 37.6. The highest BCUT2D eigenvalue weighted by molar-refractivity contribution is 6.07. The molecular formula is C99H134F5N15O15. The van der Waals surface area contributed by atoms with E-state index in [-0.39, 0.29) is 154 Å². The molecule has 0 aromatic heterocycles. The lowest BCUT2D eigenvalue weighted by atomic mass is 9.98. The van der Waals surface area contributed by atoms with Crippen LogP contribution in [0.1, 0.15) is 255 Å². The average Bonchev–Trinajstić information content (AvgIpc) is 0.817. The van der Waals surface area contributed by atoms with Gasteiger partial charge in [0.25, 0.3) is 35.4 Å². The number of benzene rings is 7. The fourth-order valence-corrected chi connectivity index (χ4v) is 14.5. The minimum atomic E-state index is -1.34. The zero-order chi connectivity index (χ0) is 99.8. The van der Waals surface area contributed by atoms with E-state index in [1.165, 1.54) is 78.8 Å². The normalized spacial score (nSPS) is 12.5. The van der Waals surface area contributed by atoms with E-state index in [2.05, 4.69) is 32.2 Å². The number of hydrogen-bond donors (Lipinski definition) is 12. The second kappa shape index (κ2) is 56.6. The van der Waals surface area contributed by atoms with Crippen molar-refractivity contribution in [3.63, 3.8) is 0 Å². The van der Waals surface area contributed by atoms with Crippen molar-refractivity contribution in [2.24, 2.45) is 29.0 Å². The number of amides is 12. The Hall–Kier alpha value is -12.4. The summed E-state index contributed by atoms with van der Waals surface area (Å²) in [7, 11) is 1.52. The number of nitrogens with zero attached hydrogens (tertiary/aromatic N) is 6. The van der Waals surface area contributed by atoms with Crippen LogP contribution < -0.4 is 49.4 Å². The summed E-state index contributed by atoms with van der Waals surface area (Å²) in [5.41, 5.74) is 27.3. The Morgan fingerprint density at radius 1 is 0.351 bits per heavy atom. The summed E-state index contributed by atoms with van der Waals surface area (Å²) in [6, 6.07) is 28.2. The van der Waals surface area contributed by atoms with Crippen molar-refractivity contribution in [2.45, 2.75) is 203 Å². The molecular weight excluding hydrogens is 1730 g/mol. The molecule has 134 heavy (non-hydrogen) atoms. The first-order valence-electron chi connectivity index (χ1n) is 45.5. The topological polar surface area (TPSA) is 435 Å². The minimum Gasteiger partial charge on any atom is -0.390 e. The van der Waals surface area contributed by atoms with Crippen LogP contribution in [-0.4, -0.2) is 231 Å². The molecule has 12 amide bonds. The summed E-state index contributed by atoms with van der Waals surface area (Å²) in [5, 5.41) is 46.6. The lowest BCUT2D eigenvalue weighted by Crippen LogP contribution is -2.53. The summed E-state index contributed by atoms with van der Waals surface area (Å²) in [6.45, 7) is 27.5. The zero-order valence-electron chi connectivity index (χ0n) is 79.2. The Morgan fingerprint density at radius 3 is 0.970 bits per heavy atom. The molecule has 35 heteroatoms. The Balaban J connectivity index is 0.000000357. The van der Waals surface area contributed by atoms with Crippen molar-refractivity contribution < 1.29 is 94.8 Å². The number of likely N-dealkylation sites (N-methyl/N-ethyl adjacent to an activating group) is 2. The summed E-state index contributed by atoms with van der Waals surface area (Å²) in [6.07, 6.45) is 1.77. The molecule has 6 atom stereocenters. The fourth-order valence-electron chi connectivity index (χ4n) is 14.5. The van der Waals surface area contributed by atoms with Crippen molar-refractivity contribution in [3.05, 3.63) is 247 Å². The molecule has 7 aromatic rings. The van der Waals surface area contributed by atoms with Gasteiger partial charge in [-0.15, -0.1) is 0 Å². The number of carbonyl (C=O) groups is 12. The van der Waals surface area contributed by atoms with Gasteiger partial charge in [0.2, 0.25) is 35.4 Å². The van der Waals surface area contributed by atoms with E-state index >= 15 is 0 Å². The molecule has 7 rings (SSSR count). The fraction of sp³-hybridized carbons (Fsp3) is 0.455. The molecule has 0 saturated heterocycles. The van der Waals surface area contributed by atoms with Crippen LogP contribution >= 0.6 is 0 Å². The number of nitrogens with one attached hydrogen (secondary N) is 6. The van der Waals surface area contributed by atoms with Gasteiger partial charge >= 0.3 is 0 Å². The van der Waals surface area contributed by atoms with Crippen molar-refractivity contribution in [3.8, 4) is 0 Å². The van der Waals surface area contributed by atoms with E-state index in [0.717, 1.165) is 55.2 Å². The van der Waals surface area contributed by atoms with Gasteiger partial charge in [-0.05, 0) is 190 Å². The summed E-state index contributed by atoms with van der Waals surface area (Å²) < 4.78 is 70.4. The Labute approximate surface area is 782 Å². The Kier molecular flexibility index (Phi) is 47.3. The standard InChI is InChI=1S/C37H47F2N5O5.C32H46FN5O5.C30H41F2N5O5/c1-4-7-15-44(42-34(46)19-25-11-9-8-10-12-25)24-33(45)32(18-26-16-30(38)23-31(39)17-26)41-36(48)28-20-27(35(40)47)21-29(22-28)37(49)43(13-5-2)14-6-3;1-7-10-37(11-8-2)32(43)25-17-23(29(34)40)16-24(18-25)31(42)35-27(15-22-12-21(6)13-26(33)14-22)28(39)19-38(9-3)36-30(41)20(4)5;1-6-8-37(9-7-2)30(42)22-14-20(27(33)39)13-21(15-22)29(41)34-25(12-19-10-23(31)16-24(32)11-19)26(38)17-36(5)35-28(40)18(3)4/h8-12,16-17,20-23,32-33,45H,4-7,13-15,18-19,24H2,1-3H3,(H2,40,47)(H,41,48)(H,42,46);12-14,16-18,20,27-28,39H,7-11,15,19H2,1-6H3,(H2,34,40)(H,35,42)(H,36,41);10-11,13-16,18,25-26,38H,6-9,12,17H2,1-5H3,(H2,33,39)(H,34,41)(H,35,40).